The Morgan fingerprint density at radius 1 is 0.538 bits per heavy atom. The summed E-state index contributed by atoms with van der Waals surface area (Å²) >= 11 is 0. The molecule has 8 heteroatoms. The lowest BCUT2D eigenvalue weighted by Gasteiger charge is -2.09. The highest BCUT2D eigenvalue weighted by Crippen LogP contribution is 2.28. The van der Waals surface area contributed by atoms with E-state index in [1.807, 2.05) is 91.0 Å². The smallest absolute Gasteiger partial charge is 0.271 e. The number of aliphatic imine (C=N–C) groups is 2. The van der Waals surface area contributed by atoms with E-state index in [-0.39, 0.29) is 5.69 Å². The summed E-state index contributed by atoms with van der Waals surface area (Å²) in [5.74, 6) is 0. The third-order valence-corrected chi connectivity index (χ3v) is 8.59. The summed E-state index contributed by atoms with van der Waals surface area (Å²) in [5, 5.41) is 17.5. The van der Waals surface area contributed by atoms with Crippen molar-refractivity contribution in [3.8, 4) is 0 Å². The number of allylic oxidation sites excluding steroid dienone is 2. The maximum atomic E-state index is 10.9. The van der Waals surface area contributed by atoms with Crippen molar-refractivity contribution >= 4 is 57.7 Å². The molecule has 0 fully saturated rings. The van der Waals surface area contributed by atoms with Crippen LogP contribution in [0.3, 0.4) is 0 Å². The van der Waals surface area contributed by atoms with Gasteiger partial charge in [0.05, 0.1) is 29.4 Å². The fourth-order valence-corrected chi connectivity index (χ4v) is 6.03. The van der Waals surface area contributed by atoms with Gasteiger partial charge in [-0.05, 0) is 82.9 Å². The monoisotopic (exact) mass is 680 g/mol. The Balaban J connectivity index is 0.000000162. The van der Waals surface area contributed by atoms with Gasteiger partial charge in [0.2, 0.25) is 0 Å². The van der Waals surface area contributed by atoms with Crippen LogP contribution in [-0.2, 0) is 13.1 Å². The first-order valence-corrected chi connectivity index (χ1v) is 16.9. The Morgan fingerprint density at radius 2 is 1.02 bits per heavy atom. The van der Waals surface area contributed by atoms with E-state index in [0.717, 1.165) is 57.4 Å². The first-order chi connectivity index (χ1) is 25.5. The summed E-state index contributed by atoms with van der Waals surface area (Å²) in [5.41, 5.74) is 19.3. The molecule has 4 N–H and O–H groups in total. The van der Waals surface area contributed by atoms with Crippen LogP contribution in [0.1, 0.15) is 33.4 Å². The van der Waals surface area contributed by atoms with Crippen molar-refractivity contribution in [2.24, 2.45) is 9.98 Å². The third-order valence-electron chi connectivity index (χ3n) is 8.59. The van der Waals surface area contributed by atoms with Gasteiger partial charge in [0.1, 0.15) is 0 Å². The zero-order chi connectivity index (χ0) is 35.7. The van der Waals surface area contributed by atoms with E-state index < -0.39 is 4.92 Å². The normalized spacial score (nSPS) is 12.8. The van der Waals surface area contributed by atoms with Gasteiger partial charge in [0, 0.05) is 51.7 Å². The summed E-state index contributed by atoms with van der Waals surface area (Å²) in [6, 6.07) is 47.1. The second-order valence-corrected chi connectivity index (χ2v) is 12.3. The van der Waals surface area contributed by atoms with Crippen LogP contribution in [0.4, 0.5) is 34.1 Å². The van der Waals surface area contributed by atoms with Gasteiger partial charge >= 0.3 is 0 Å². The van der Waals surface area contributed by atoms with E-state index in [9.17, 15) is 10.1 Å². The van der Waals surface area contributed by atoms with Crippen LogP contribution >= 0.6 is 0 Å². The molecule has 2 aliphatic heterocycles. The molecule has 0 radical (unpaired) electrons. The molecule has 6 aromatic carbocycles. The van der Waals surface area contributed by atoms with Crippen LogP contribution in [-0.4, -0.2) is 16.3 Å². The number of anilines is 5. The number of nitrogens with one attached hydrogen (secondary N) is 2. The SMILES string of the molecule is Nc1cccc(Nc2ccc3c(c2)CN=C3/C=C/c2ccccc2)c1.O=[N+]([O-])c1cccc(Nc2ccc3c(c2)CN=C3/C=C/c2ccccc2)c1. The Hall–Kier alpha value is -7.06. The second kappa shape index (κ2) is 15.7. The van der Waals surface area contributed by atoms with Gasteiger partial charge in [0.15, 0.2) is 0 Å². The molecule has 0 spiro atoms. The lowest BCUT2D eigenvalue weighted by molar-refractivity contribution is -0.384. The molecule has 2 heterocycles. The quantitative estimate of drug-likeness (QED) is 0.0798. The fraction of sp³-hybridized carbons (Fsp3) is 0.0455. The van der Waals surface area contributed by atoms with Crippen LogP contribution in [0.5, 0.6) is 0 Å². The number of nitrogens with two attached hydrogens (primary N) is 1. The minimum atomic E-state index is -0.396. The van der Waals surface area contributed by atoms with Crippen molar-refractivity contribution < 1.29 is 4.92 Å². The van der Waals surface area contributed by atoms with Gasteiger partial charge in [-0.3, -0.25) is 20.1 Å². The standard InChI is InChI=1S/C22H17N3O2.C22H19N3/c26-25(27)20-8-4-7-18(14-20)24-19-10-11-21-17(13-19)15-23-22(21)12-9-16-5-2-1-3-6-16;23-18-7-4-8-19(14-18)25-20-10-11-21-17(13-20)15-24-22(21)12-9-16-5-2-1-3-6-16/h1-14,24H,15H2;1-14,25H,15,23H2/b2*12-9+. The van der Waals surface area contributed by atoms with Gasteiger partial charge in [-0.2, -0.15) is 0 Å². The molecule has 52 heavy (non-hydrogen) atoms. The molecule has 8 rings (SSSR count). The molecule has 2 aliphatic rings. The molecule has 0 saturated heterocycles. The topological polar surface area (TPSA) is 118 Å². The molecule has 0 aliphatic carbocycles. The Bertz CT molecular complexity index is 2350. The van der Waals surface area contributed by atoms with E-state index in [4.69, 9.17) is 5.73 Å². The second-order valence-electron chi connectivity index (χ2n) is 12.3. The zero-order valence-electron chi connectivity index (χ0n) is 28.3. The van der Waals surface area contributed by atoms with Crippen LogP contribution in [0, 0.1) is 10.1 Å². The van der Waals surface area contributed by atoms with E-state index in [1.165, 1.54) is 28.8 Å². The molecular weight excluding hydrogens is 645 g/mol. The maximum absolute atomic E-state index is 10.9. The maximum Gasteiger partial charge on any atom is 0.271 e. The molecule has 0 unspecified atom stereocenters. The third kappa shape index (κ3) is 8.38. The van der Waals surface area contributed by atoms with Crippen molar-refractivity contribution in [3.63, 3.8) is 0 Å². The average Bonchev–Trinajstić information content (AvgIpc) is 3.77. The van der Waals surface area contributed by atoms with E-state index in [0.29, 0.717) is 12.2 Å². The molecule has 0 bridgehead atoms. The van der Waals surface area contributed by atoms with Gasteiger partial charge in [-0.15, -0.1) is 0 Å². The predicted octanol–water partition coefficient (Wildman–Crippen LogP) is 10.4. The molecule has 8 nitrogen and oxygen atoms in total. The molecular formula is C44H36N6O2. The number of nitrogen functional groups attached to an aromatic ring is 1. The van der Waals surface area contributed by atoms with Crippen LogP contribution < -0.4 is 16.4 Å². The van der Waals surface area contributed by atoms with Gasteiger partial charge in [-0.1, -0.05) is 97.1 Å². The first-order valence-electron chi connectivity index (χ1n) is 16.9. The lowest BCUT2D eigenvalue weighted by Crippen LogP contribution is -1.97. The van der Waals surface area contributed by atoms with Crippen molar-refractivity contribution in [2.45, 2.75) is 13.1 Å². The summed E-state index contributed by atoms with van der Waals surface area (Å²) in [4.78, 5) is 19.8. The number of hydrogen-bond acceptors (Lipinski definition) is 7. The van der Waals surface area contributed by atoms with Crippen LogP contribution in [0.25, 0.3) is 12.2 Å². The van der Waals surface area contributed by atoms with Gasteiger partial charge < -0.3 is 16.4 Å². The fourth-order valence-electron chi connectivity index (χ4n) is 6.03. The average molecular weight is 681 g/mol. The van der Waals surface area contributed by atoms with E-state index >= 15 is 0 Å². The molecule has 6 aromatic rings. The summed E-state index contributed by atoms with van der Waals surface area (Å²) in [6.07, 6.45) is 8.29. The number of fused-ring (bicyclic) bond motifs is 2. The Labute approximate surface area is 302 Å². The van der Waals surface area contributed by atoms with Gasteiger partial charge in [0.25, 0.3) is 5.69 Å². The van der Waals surface area contributed by atoms with Crippen molar-refractivity contribution in [2.75, 3.05) is 16.4 Å². The zero-order valence-corrected chi connectivity index (χ0v) is 28.3. The lowest BCUT2D eigenvalue weighted by atomic mass is 10.0. The molecule has 254 valence electrons. The predicted molar refractivity (Wildman–Crippen MR) is 215 cm³/mol. The summed E-state index contributed by atoms with van der Waals surface area (Å²) in [7, 11) is 0. The summed E-state index contributed by atoms with van der Waals surface area (Å²) in [6.45, 7) is 1.35. The minimum absolute atomic E-state index is 0.0674. The Kier molecular flexibility index (Phi) is 10.1. The first kappa shape index (κ1) is 33.4. The number of benzene rings is 6. The number of nitrogens with zero attached hydrogens (tertiary/aromatic N) is 3. The number of nitro groups is 1. The van der Waals surface area contributed by atoms with Crippen molar-refractivity contribution in [1.82, 2.24) is 0 Å². The molecule has 0 amide bonds. The highest BCUT2D eigenvalue weighted by atomic mass is 16.6. The van der Waals surface area contributed by atoms with E-state index in [2.05, 4.69) is 81.3 Å². The number of non-ortho nitro benzene ring substituents is 1. The molecule has 0 saturated carbocycles. The number of rotatable bonds is 9. The van der Waals surface area contributed by atoms with Crippen LogP contribution in [0.2, 0.25) is 0 Å². The van der Waals surface area contributed by atoms with Crippen molar-refractivity contribution in [3.05, 3.63) is 201 Å². The number of hydrogen-bond donors (Lipinski definition) is 3. The molecule has 0 aromatic heterocycles. The highest BCUT2D eigenvalue weighted by molar-refractivity contribution is 6.14. The van der Waals surface area contributed by atoms with E-state index in [1.54, 1.807) is 6.07 Å². The highest BCUT2D eigenvalue weighted by Gasteiger charge is 2.16. The van der Waals surface area contributed by atoms with Crippen molar-refractivity contribution in [1.29, 1.82) is 0 Å². The molecule has 0 atom stereocenters. The largest absolute Gasteiger partial charge is 0.399 e. The summed E-state index contributed by atoms with van der Waals surface area (Å²) < 4.78 is 0. The number of nitro benzene ring substituents is 1. The Morgan fingerprint density at radius 3 is 1.52 bits per heavy atom. The minimum Gasteiger partial charge on any atom is -0.399 e. The van der Waals surface area contributed by atoms with Crippen LogP contribution in [0.15, 0.2) is 168 Å². The van der Waals surface area contributed by atoms with Gasteiger partial charge in [-0.25, -0.2) is 0 Å².